The summed E-state index contributed by atoms with van der Waals surface area (Å²) in [4.78, 5) is 16.7. The summed E-state index contributed by atoms with van der Waals surface area (Å²) in [7, 11) is 0. The minimum Gasteiger partial charge on any atom is -1.00 e. The number of allylic oxidation sites excluding steroid dienone is 1. The van der Waals surface area contributed by atoms with E-state index in [1.54, 1.807) is 11.8 Å². The number of ether oxygens (including phenoxy) is 1. The van der Waals surface area contributed by atoms with Gasteiger partial charge in [0.1, 0.15) is 10.7 Å². The second-order valence-electron chi connectivity index (χ2n) is 3.93. The average molecular weight is 374 g/mol. The standard InChI is InChI=1S/C12H10N2O2S.HI/c1-6(15)16-9-4-2-3-7-8(9)5-10-11(7)14-12(13)17-10;/h2-4H,5,13H2,1H3;1H/q+1;. The average Bonchev–Trinajstić information content (AvgIpc) is 2.74. The van der Waals surface area contributed by atoms with Gasteiger partial charge >= 0.3 is 16.8 Å². The van der Waals surface area contributed by atoms with Gasteiger partial charge in [0, 0.05) is 18.9 Å². The third kappa shape index (κ3) is 2.19. The van der Waals surface area contributed by atoms with Gasteiger partial charge in [-0.2, -0.15) is 0 Å². The predicted octanol–water partition coefficient (Wildman–Crippen LogP) is -2.48. The van der Waals surface area contributed by atoms with E-state index >= 15 is 0 Å². The molecule has 1 aliphatic heterocycles. The molecular formula is C12H11IN2O2S+. The smallest absolute Gasteiger partial charge is 0.471 e. The molecule has 2 aliphatic rings. The molecule has 3 N–H and O–H groups in total. The van der Waals surface area contributed by atoms with Crippen LogP contribution in [0.4, 0.5) is 0 Å². The Bertz CT molecular complexity index is 596. The molecule has 3 rings (SSSR count). The molecule has 0 unspecified atom stereocenters. The first-order valence-corrected chi connectivity index (χ1v) is 6.09. The van der Waals surface area contributed by atoms with Crippen molar-refractivity contribution in [2.24, 2.45) is 0 Å². The second-order valence-corrected chi connectivity index (χ2v) is 5.10. The van der Waals surface area contributed by atoms with Gasteiger partial charge in [0.05, 0.1) is 22.2 Å². The van der Waals surface area contributed by atoms with Crippen molar-refractivity contribution in [2.45, 2.75) is 13.3 Å². The summed E-state index contributed by atoms with van der Waals surface area (Å²) in [6, 6.07) is 5.71. The van der Waals surface area contributed by atoms with Crippen LogP contribution in [0, 0.1) is 0 Å². The Morgan fingerprint density at radius 3 is 3.00 bits per heavy atom. The Balaban J connectivity index is 0.00000120. The lowest BCUT2D eigenvalue weighted by atomic mass is 10.1. The maximum Gasteiger partial charge on any atom is 0.471 e. The second kappa shape index (κ2) is 5.02. The van der Waals surface area contributed by atoms with Gasteiger partial charge in [0.25, 0.3) is 0 Å². The van der Waals surface area contributed by atoms with Crippen LogP contribution in [0.1, 0.15) is 18.1 Å². The van der Waals surface area contributed by atoms with E-state index in [0.29, 0.717) is 5.75 Å². The number of fused-ring (bicyclic) bond motifs is 2. The zero-order chi connectivity index (χ0) is 12.0. The number of amidine groups is 1. The molecule has 0 amide bonds. The SMILES string of the molecule is CC(=O)Oc1cccc2c1CC1=C2[N+]=C([NH3+])S1.[I-]. The summed E-state index contributed by atoms with van der Waals surface area (Å²) in [6.45, 7) is 1.41. The van der Waals surface area contributed by atoms with Gasteiger partial charge in [-0.1, -0.05) is 6.07 Å². The number of hydrogen-bond acceptors (Lipinski definition) is 4. The normalized spacial score (nSPS) is 15.8. The summed E-state index contributed by atoms with van der Waals surface area (Å²) in [5.41, 5.74) is 6.95. The highest BCUT2D eigenvalue weighted by atomic mass is 127. The molecular weight excluding hydrogens is 363 g/mol. The molecule has 18 heavy (non-hydrogen) atoms. The van der Waals surface area contributed by atoms with E-state index in [4.69, 9.17) is 4.74 Å². The Morgan fingerprint density at radius 2 is 2.28 bits per heavy atom. The third-order valence-corrected chi connectivity index (χ3v) is 3.63. The number of aliphatic imine (C=N–C) groups is 1. The van der Waals surface area contributed by atoms with Crippen LogP contribution in [0.3, 0.4) is 0 Å². The highest BCUT2D eigenvalue weighted by Gasteiger charge is 2.41. The van der Waals surface area contributed by atoms with Gasteiger partial charge in [-0.3, -0.25) is 10.5 Å². The van der Waals surface area contributed by atoms with E-state index < -0.39 is 0 Å². The number of halogens is 1. The molecule has 93 valence electrons. The number of thioether (sulfide) groups is 1. The minimum absolute atomic E-state index is 0. The maximum absolute atomic E-state index is 11.0. The molecule has 0 aromatic heterocycles. The zero-order valence-corrected chi connectivity index (χ0v) is 12.7. The summed E-state index contributed by atoms with van der Waals surface area (Å²) in [5, 5.41) is 0.832. The third-order valence-electron chi connectivity index (χ3n) is 2.72. The molecule has 1 heterocycles. The van der Waals surface area contributed by atoms with Gasteiger partial charge in [0.2, 0.25) is 0 Å². The maximum atomic E-state index is 11.0. The Kier molecular flexibility index (Phi) is 3.79. The number of hydrogen-bond donors (Lipinski definition) is 1. The van der Waals surface area contributed by atoms with Crippen molar-refractivity contribution in [1.29, 1.82) is 0 Å². The zero-order valence-electron chi connectivity index (χ0n) is 9.70. The summed E-state index contributed by atoms with van der Waals surface area (Å²) in [6.07, 6.45) is 0.779. The fourth-order valence-electron chi connectivity index (χ4n) is 2.11. The van der Waals surface area contributed by atoms with Crippen LogP contribution in [0.15, 0.2) is 23.1 Å². The monoisotopic (exact) mass is 374 g/mol. The van der Waals surface area contributed by atoms with Crippen molar-refractivity contribution in [3.05, 3.63) is 34.2 Å². The molecule has 0 spiro atoms. The first kappa shape index (κ1) is 13.6. The number of carbonyl (C=O) groups is 1. The Labute approximate surface area is 126 Å². The number of carbonyl (C=O) groups excluding carboxylic acids is 1. The highest BCUT2D eigenvalue weighted by Crippen LogP contribution is 2.43. The molecule has 0 bridgehead atoms. The molecule has 1 radical (unpaired) electrons. The van der Waals surface area contributed by atoms with Crippen molar-refractivity contribution in [1.82, 2.24) is 4.99 Å². The topological polar surface area (TPSA) is 68.0 Å². The van der Waals surface area contributed by atoms with Gasteiger partial charge < -0.3 is 28.7 Å². The molecule has 0 fully saturated rings. The molecule has 0 atom stereocenters. The summed E-state index contributed by atoms with van der Waals surface area (Å²) >= 11 is 1.60. The molecule has 0 saturated carbocycles. The van der Waals surface area contributed by atoms with Crippen LogP contribution in [-0.2, 0) is 11.2 Å². The quantitative estimate of drug-likeness (QED) is 0.336. The predicted molar refractivity (Wildman–Crippen MR) is 66.0 cm³/mol. The van der Waals surface area contributed by atoms with Crippen LogP contribution < -0.4 is 39.4 Å². The van der Waals surface area contributed by atoms with Gasteiger partial charge in [-0.05, 0) is 12.1 Å². The molecule has 6 heteroatoms. The summed E-state index contributed by atoms with van der Waals surface area (Å²) in [5.74, 6) is 0.352. The lowest BCUT2D eigenvalue weighted by Crippen LogP contribution is -3.00. The largest absolute Gasteiger partial charge is 1.00 e. The van der Waals surface area contributed by atoms with Crippen molar-refractivity contribution in [2.75, 3.05) is 0 Å². The molecule has 1 aromatic carbocycles. The van der Waals surface area contributed by atoms with E-state index in [1.165, 1.54) is 11.8 Å². The van der Waals surface area contributed by atoms with E-state index in [0.717, 1.165) is 28.4 Å². The lowest BCUT2D eigenvalue weighted by molar-refractivity contribution is -0.206. The van der Waals surface area contributed by atoms with Crippen molar-refractivity contribution >= 4 is 28.6 Å². The fourth-order valence-corrected chi connectivity index (χ4v) is 3.00. The van der Waals surface area contributed by atoms with Crippen molar-refractivity contribution in [3.63, 3.8) is 0 Å². The molecule has 4 nitrogen and oxygen atoms in total. The number of benzene rings is 1. The summed E-state index contributed by atoms with van der Waals surface area (Å²) < 4.78 is 5.21. The number of quaternary nitrogens is 1. The Hall–Kier alpha value is -0.860. The number of esters is 1. The van der Waals surface area contributed by atoms with Crippen molar-refractivity contribution < 1.29 is 39.2 Å². The fraction of sp³-hybridized carbons (Fsp3) is 0.167. The van der Waals surface area contributed by atoms with Crippen LogP contribution in [0.2, 0.25) is 0 Å². The van der Waals surface area contributed by atoms with E-state index in [2.05, 4.69) is 10.7 Å². The van der Waals surface area contributed by atoms with E-state index in [9.17, 15) is 4.79 Å². The Morgan fingerprint density at radius 1 is 1.50 bits per heavy atom. The van der Waals surface area contributed by atoms with E-state index in [-0.39, 0.29) is 29.9 Å². The van der Waals surface area contributed by atoms with Gasteiger partial charge in [-0.25, -0.2) is 0 Å². The van der Waals surface area contributed by atoms with E-state index in [1.807, 2.05) is 18.2 Å². The van der Waals surface area contributed by atoms with Crippen LogP contribution in [-0.4, -0.2) is 11.1 Å². The van der Waals surface area contributed by atoms with Crippen LogP contribution in [0.25, 0.3) is 5.70 Å². The van der Waals surface area contributed by atoms with Crippen molar-refractivity contribution in [3.8, 4) is 5.75 Å². The van der Waals surface area contributed by atoms with Crippen LogP contribution in [0.5, 0.6) is 5.75 Å². The first-order chi connectivity index (χ1) is 8.15. The van der Waals surface area contributed by atoms with Gasteiger partial charge in [0.15, 0.2) is 0 Å². The lowest BCUT2D eigenvalue weighted by Gasteiger charge is -2.06. The minimum atomic E-state index is -0.292. The van der Waals surface area contributed by atoms with Crippen LogP contribution >= 0.6 is 11.8 Å². The highest BCUT2D eigenvalue weighted by molar-refractivity contribution is 8.17. The molecule has 1 aromatic rings. The molecule has 0 saturated heterocycles. The number of rotatable bonds is 1. The van der Waals surface area contributed by atoms with Gasteiger partial charge in [-0.15, -0.1) is 0 Å². The number of nitrogens with zero attached hydrogens (tertiary/aromatic N) is 1. The molecule has 1 aliphatic carbocycles. The first-order valence-electron chi connectivity index (χ1n) is 5.27.